The van der Waals surface area contributed by atoms with Gasteiger partial charge >= 0.3 is 5.24 Å². The largest absolute Gasteiger partial charge is 0.479 e. The molecular weight excluding hydrogens is 396 g/mol. The molecule has 7 heteroatoms. The number of hydrogen-bond acceptors (Lipinski definition) is 6. The second kappa shape index (κ2) is 10.6. The molecule has 30 heavy (non-hydrogen) atoms. The van der Waals surface area contributed by atoms with Gasteiger partial charge in [0.1, 0.15) is 5.69 Å². The summed E-state index contributed by atoms with van der Waals surface area (Å²) < 4.78 is 8.45. The zero-order valence-electron chi connectivity index (χ0n) is 18.4. The second-order valence-electron chi connectivity index (χ2n) is 7.66. The van der Waals surface area contributed by atoms with Gasteiger partial charge in [-0.2, -0.15) is 0 Å². The summed E-state index contributed by atoms with van der Waals surface area (Å²) >= 11 is 1.09. The van der Waals surface area contributed by atoms with Crippen LogP contribution in [0, 0.1) is 13.8 Å². The molecule has 1 aliphatic heterocycles. The number of hydrogen-bond donors (Lipinski definition) is 1. The highest BCUT2D eigenvalue weighted by Gasteiger charge is 2.22. The molecule has 1 aromatic carbocycles. The number of piperazine rings is 1. The van der Waals surface area contributed by atoms with Crippen LogP contribution in [0.4, 0.5) is 16.2 Å². The van der Waals surface area contributed by atoms with Crippen LogP contribution in [0.15, 0.2) is 30.3 Å². The van der Waals surface area contributed by atoms with Crippen molar-refractivity contribution in [1.82, 2.24) is 9.88 Å². The van der Waals surface area contributed by atoms with E-state index in [9.17, 15) is 4.79 Å². The smallest absolute Gasteiger partial charge is 0.302 e. The molecule has 0 bridgehead atoms. The van der Waals surface area contributed by atoms with Crippen molar-refractivity contribution < 1.29 is 9.53 Å². The Morgan fingerprint density at radius 1 is 1.17 bits per heavy atom. The van der Waals surface area contributed by atoms with Crippen LogP contribution in [-0.2, 0) is 6.42 Å². The van der Waals surface area contributed by atoms with Crippen LogP contribution in [0.5, 0.6) is 5.88 Å². The minimum atomic E-state index is 0.0184. The Labute approximate surface area is 184 Å². The fourth-order valence-corrected chi connectivity index (χ4v) is 4.13. The van der Waals surface area contributed by atoms with Crippen molar-refractivity contribution in [3.63, 3.8) is 0 Å². The fourth-order valence-electron chi connectivity index (χ4n) is 3.48. The van der Waals surface area contributed by atoms with E-state index < -0.39 is 0 Å². The number of anilines is 2. The summed E-state index contributed by atoms with van der Waals surface area (Å²) in [6.07, 6.45) is 3.59. The Morgan fingerprint density at radius 3 is 2.50 bits per heavy atom. The predicted molar refractivity (Wildman–Crippen MR) is 126 cm³/mol. The normalized spacial score (nSPS) is 14.0. The van der Waals surface area contributed by atoms with E-state index in [1.54, 1.807) is 7.11 Å². The van der Waals surface area contributed by atoms with Gasteiger partial charge in [-0.15, -0.1) is 0 Å². The number of benzene rings is 1. The number of nitrogens with one attached hydrogen (secondary N) is 1. The zero-order chi connectivity index (χ0) is 21.5. The monoisotopic (exact) mass is 428 g/mol. The Balaban J connectivity index is 1.50. The zero-order valence-corrected chi connectivity index (χ0v) is 19.2. The van der Waals surface area contributed by atoms with E-state index in [-0.39, 0.29) is 5.24 Å². The fraction of sp³-hybridized carbons (Fsp3) is 0.478. The van der Waals surface area contributed by atoms with E-state index in [0.717, 1.165) is 48.4 Å². The van der Waals surface area contributed by atoms with Gasteiger partial charge in [-0.1, -0.05) is 25.5 Å². The number of rotatable bonds is 7. The summed E-state index contributed by atoms with van der Waals surface area (Å²) in [7, 11) is 1.59. The topological polar surface area (TPSA) is 57.7 Å². The summed E-state index contributed by atoms with van der Waals surface area (Å²) in [5, 5.41) is 0.0184. The number of pyridine rings is 1. The lowest BCUT2D eigenvalue weighted by atomic mass is 10.1. The van der Waals surface area contributed by atoms with Crippen molar-refractivity contribution in [3.8, 4) is 5.88 Å². The molecule has 0 radical (unpaired) electrons. The molecule has 162 valence electrons. The van der Waals surface area contributed by atoms with Gasteiger partial charge in [0.05, 0.1) is 7.11 Å². The van der Waals surface area contributed by atoms with E-state index in [1.807, 2.05) is 24.8 Å². The van der Waals surface area contributed by atoms with Gasteiger partial charge in [0.15, 0.2) is 0 Å². The first-order valence-electron chi connectivity index (χ1n) is 10.6. The lowest BCUT2D eigenvalue weighted by Crippen LogP contribution is -2.47. The molecule has 0 spiro atoms. The van der Waals surface area contributed by atoms with Crippen LogP contribution < -0.4 is 14.4 Å². The highest BCUT2D eigenvalue weighted by molar-refractivity contribution is 8.14. The number of nitrogens with zero attached hydrogens (tertiary/aromatic N) is 3. The van der Waals surface area contributed by atoms with Crippen molar-refractivity contribution in [2.24, 2.45) is 0 Å². The first-order chi connectivity index (χ1) is 14.5. The van der Waals surface area contributed by atoms with Gasteiger partial charge in [0, 0.05) is 49.5 Å². The van der Waals surface area contributed by atoms with Crippen molar-refractivity contribution in [1.29, 1.82) is 0 Å². The van der Waals surface area contributed by atoms with Crippen LogP contribution in [0.25, 0.3) is 0 Å². The van der Waals surface area contributed by atoms with Crippen LogP contribution in [0.3, 0.4) is 0 Å². The summed E-state index contributed by atoms with van der Waals surface area (Å²) in [6, 6.07) is 10.8. The molecule has 0 atom stereocenters. The van der Waals surface area contributed by atoms with E-state index in [0.29, 0.717) is 19.0 Å². The number of carbonyl (C=O) groups excluding carboxylic acids is 1. The summed E-state index contributed by atoms with van der Waals surface area (Å²) in [5.41, 5.74) is 5.33. The molecule has 2 heterocycles. The van der Waals surface area contributed by atoms with Gasteiger partial charge in [-0.3, -0.25) is 4.79 Å². The van der Waals surface area contributed by atoms with Crippen molar-refractivity contribution in [2.45, 2.75) is 40.0 Å². The number of carbonyl (C=O) groups is 1. The Kier molecular flexibility index (Phi) is 7.85. The number of unbranched alkanes of at least 4 members (excludes halogenated alkanes) is 1. The number of amides is 1. The Morgan fingerprint density at radius 2 is 1.87 bits per heavy atom. The van der Waals surface area contributed by atoms with E-state index >= 15 is 0 Å². The number of aryl methyl sites for hydroxylation is 3. The second-order valence-corrected chi connectivity index (χ2v) is 8.42. The summed E-state index contributed by atoms with van der Waals surface area (Å²) in [6.45, 7) is 9.27. The van der Waals surface area contributed by atoms with E-state index in [4.69, 9.17) is 4.74 Å². The molecule has 1 saturated heterocycles. The molecule has 1 amide bonds. The molecule has 0 saturated carbocycles. The standard InChI is InChI=1S/C23H32N4O2S/c1-5-6-7-19-8-10-20(11-9-19)26-12-14-27(15-13-26)23(28)30-25-21-16-17(2)18(3)24-22(21)29-4/h8-11,16,25H,5-7,12-15H2,1-4H3. The number of methoxy groups -OCH3 is 1. The van der Waals surface area contributed by atoms with Gasteiger partial charge in [-0.25, -0.2) is 4.98 Å². The average molecular weight is 429 g/mol. The molecule has 1 aromatic heterocycles. The molecule has 1 N–H and O–H groups in total. The molecule has 0 aliphatic carbocycles. The van der Waals surface area contributed by atoms with Crippen LogP contribution in [0.2, 0.25) is 0 Å². The maximum Gasteiger partial charge on any atom is 0.302 e. The van der Waals surface area contributed by atoms with Crippen LogP contribution in [0.1, 0.15) is 36.6 Å². The van der Waals surface area contributed by atoms with Crippen molar-refractivity contribution in [3.05, 3.63) is 47.2 Å². The molecule has 0 unspecified atom stereocenters. The summed E-state index contributed by atoms with van der Waals surface area (Å²) in [5.74, 6) is 0.505. The van der Waals surface area contributed by atoms with Crippen molar-refractivity contribution in [2.75, 3.05) is 42.9 Å². The number of ether oxygens (including phenoxy) is 1. The third kappa shape index (κ3) is 5.59. The minimum Gasteiger partial charge on any atom is -0.479 e. The number of aromatic nitrogens is 1. The highest BCUT2D eigenvalue weighted by atomic mass is 32.2. The molecular formula is C23H32N4O2S. The van der Waals surface area contributed by atoms with Crippen molar-refractivity contribution >= 4 is 28.6 Å². The van der Waals surface area contributed by atoms with Gasteiger partial charge < -0.3 is 19.3 Å². The predicted octanol–water partition coefficient (Wildman–Crippen LogP) is 5.05. The van der Waals surface area contributed by atoms with Gasteiger partial charge in [-0.05, 0) is 56.0 Å². The lowest BCUT2D eigenvalue weighted by Gasteiger charge is -2.35. The quantitative estimate of drug-likeness (QED) is 0.623. The maximum atomic E-state index is 12.7. The lowest BCUT2D eigenvalue weighted by molar-refractivity contribution is 0.219. The van der Waals surface area contributed by atoms with Gasteiger partial charge in [0.25, 0.3) is 0 Å². The molecule has 2 aromatic rings. The van der Waals surface area contributed by atoms with Crippen LogP contribution >= 0.6 is 11.9 Å². The Hall–Kier alpha value is -2.41. The highest BCUT2D eigenvalue weighted by Crippen LogP contribution is 2.28. The summed E-state index contributed by atoms with van der Waals surface area (Å²) in [4.78, 5) is 21.3. The Bertz CT molecular complexity index is 849. The third-order valence-electron chi connectivity index (χ3n) is 5.53. The first-order valence-corrected chi connectivity index (χ1v) is 11.4. The molecule has 1 fully saturated rings. The van der Waals surface area contributed by atoms with Gasteiger partial charge in [0.2, 0.25) is 5.88 Å². The molecule has 6 nitrogen and oxygen atoms in total. The van der Waals surface area contributed by atoms with Crippen LogP contribution in [-0.4, -0.2) is 48.4 Å². The maximum absolute atomic E-state index is 12.7. The molecule has 1 aliphatic rings. The van der Waals surface area contributed by atoms with E-state index in [2.05, 4.69) is 45.8 Å². The third-order valence-corrected chi connectivity index (χ3v) is 6.29. The molecule has 3 rings (SSSR count). The average Bonchev–Trinajstić information content (AvgIpc) is 2.78. The minimum absolute atomic E-state index is 0.0184. The SMILES string of the molecule is CCCCc1ccc(N2CCN(C(=O)SNc3cc(C)c(C)nc3OC)CC2)cc1. The van der Waals surface area contributed by atoms with E-state index in [1.165, 1.54) is 24.1 Å². The first kappa shape index (κ1) is 22.3.